The second-order valence-corrected chi connectivity index (χ2v) is 6.43. The van der Waals surface area contributed by atoms with Crippen molar-refractivity contribution in [3.8, 4) is 0 Å². The Morgan fingerprint density at radius 3 is 2.54 bits per heavy atom. The van der Waals surface area contributed by atoms with E-state index in [-0.39, 0.29) is 23.9 Å². The van der Waals surface area contributed by atoms with Gasteiger partial charge in [-0.3, -0.25) is 14.6 Å². The Kier molecular flexibility index (Phi) is 5.41. The summed E-state index contributed by atoms with van der Waals surface area (Å²) in [5, 5.41) is 8.66. The van der Waals surface area contributed by atoms with E-state index >= 15 is 0 Å². The van der Waals surface area contributed by atoms with Crippen molar-refractivity contribution in [3.05, 3.63) is 70.4 Å². The van der Waals surface area contributed by atoms with Crippen LogP contribution in [0, 0.1) is 0 Å². The molecule has 0 unspecified atom stereocenters. The van der Waals surface area contributed by atoms with Crippen molar-refractivity contribution in [2.75, 3.05) is 6.54 Å². The third-order valence-electron chi connectivity index (χ3n) is 4.15. The number of fused-ring (bicyclic) bond motifs is 1. The molecule has 0 radical (unpaired) electrons. The van der Waals surface area contributed by atoms with Gasteiger partial charge in [0, 0.05) is 30.2 Å². The number of nitrogens with zero attached hydrogens (tertiary/aromatic N) is 3. The van der Waals surface area contributed by atoms with Crippen molar-refractivity contribution < 1.29 is 4.79 Å². The summed E-state index contributed by atoms with van der Waals surface area (Å²) in [5.41, 5.74) is 1.42. The fourth-order valence-corrected chi connectivity index (χ4v) is 2.85. The summed E-state index contributed by atoms with van der Waals surface area (Å²) in [4.78, 5) is 29.1. The van der Waals surface area contributed by atoms with Gasteiger partial charge < -0.3 is 5.32 Å². The van der Waals surface area contributed by atoms with Crippen LogP contribution in [-0.2, 0) is 17.6 Å². The molecule has 0 aliphatic heterocycles. The Labute approximate surface area is 151 Å². The summed E-state index contributed by atoms with van der Waals surface area (Å²) in [5.74, 6) is -0.118. The van der Waals surface area contributed by atoms with E-state index < -0.39 is 0 Å². The molecule has 3 aromatic rings. The van der Waals surface area contributed by atoms with E-state index in [2.05, 4.69) is 15.4 Å². The van der Waals surface area contributed by atoms with Gasteiger partial charge in [-0.2, -0.15) is 5.10 Å². The Morgan fingerprint density at radius 2 is 1.85 bits per heavy atom. The van der Waals surface area contributed by atoms with Crippen molar-refractivity contribution in [2.45, 2.75) is 32.7 Å². The lowest BCUT2D eigenvalue weighted by molar-refractivity contribution is -0.120. The lowest BCUT2D eigenvalue weighted by Crippen LogP contribution is -2.30. The van der Waals surface area contributed by atoms with Crippen molar-refractivity contribution in [1.29, 1.82) is 0 Å². The number of carbonyl (C=O) groups excluding carboxylic acids is 1. The first kappa shape index (κ1) is 17.8. The van der Waals surface area contributed by atoms with E-state index in [1.165, 1.54) is 4.68 Å². The average molecular weight is 350 g/mol. The first-order chi connectivity index (χ1) is 12.6. The van der Waals surface area contributed by atoms with Crippen LogP contribution in [0.1, 0.15) is 31.3 Å². The maximum absolute atomic E-state index is 12.5. The molecular formula is C20H22N4O2. The highest BCUT2D eigenvalue weighted by atomic mass is 16.1. The zero-order valence-electron chi connectivity index (χ0n) is 15.0. The van der Waals surface area contributed by atoms with Gasteiger partial charge in [0.25, 0.3) is 5.56 Å². The molecule has 0 spiro atoms. The third-order valence-corrected chi connectivity index (χ3v) is 4.15. The van der Waals surface area contributed by atoms with E-state index in [4.69, 9.17) is 0 Å². The molecule has 0 aliphatic carbocycles. The highest BCUT2D eigenvalue weighted by Crippen LogP contribution is 2.15. The molecule has 2 aromatic heterocycles. The number of nitrogens with one attached hydrogen (secondary N) is 1. The zero-order chi connectivity index (χ0) is 18.5. The summed E-state index contributed by atoms with van der Waals surface area (Å²) >= 11 is 0. The molecule has 0 atom stereocenters. The number of hydrogen-bond acceptors (Lipinski definition) is 4. The van der Waals surface area contributed by atoms with Gasteiger partial charge in [0.15, 0.2) is 0 Å². The molecule has 0 aliphatic rings. The van der Waals surface area contributed by atoms with E-state index in [9.17, 15) is 9.59 Å². The van der Waals surface area contributed by atoms with Gasteiger partial charge in [0.1, 0.15) is 0 Å². The average Bonchev–Trinajstić information content (AvgIpc) is 2.65. The maximum atomic E-state index is 12.5. The largest absolute Gasteiger partial charge is 0.355 e. The van der Waals surface area contributed by atoms with Crippen LogP contribution in [0.4, 0.5) is 0 Å². The number of pyridine rings is 1. The Morgan fingerprint density at radius 1 is 1.12 bits per heavy atom. The van der Waals surface area contributed by atoms with E-state index in [1.807, 2.05) is 50.2 Å². The van der Waals surface area contributed by atoms with E-state index in [0.717, 1.165) is 11.1 Å². The summed E-state index contributed by atoms with van der Waals surface area (Å²) < 4.78 is 1.44. The molecule has 134 valence electrons. The number of rotatable bonds is 6. The lowest BCUT2D eigenvalue weighted by Gasteiger charge is -2.13. The summed E-state index contributed by atoms with van der Waals surface area (Å²) in [7, 11) is 0. The topological polar surface area (TPSA) is 76.9 Å². The zero-order valence-corrected chi connectivity index (χ0v) is 15.0. The number of benzene rings is 1. The highest BCUT2D eigenvalue weighted by Gasteiger charge is 2.14. The van der Waals surface area contributed by atoms with Crippen molar-refractivity contribution in [1.82, 2.24) is 20.1 Å². The maximum Gasteiger partial charge on any atom is 0.274 e. The second kappa shape index (κ2) is 7.91. The molecule has 0 fully saturated rings. The van der Waals surface area contributed by atoms with Crippen LogP contribution in [0.3, 0.4) is 0 Å². The van der Waals surface area contributed by atoms with E-state index in [0.29, 0.717) is 24.0 Å². The number of hydrogen-bond donors (Lipinski definition) is 1. The fraction of sp³-hybridized carbons (Fsp3) is 0.300. The molecular weight excluding hydrogens is 328 g/mol. The second-order valence-electron chi connectivity index (χ2n) is 6.43. The minimum Gasteiger partial charge on any atom is -0.355 e. The van der Waals surface area contributed by atoms with Gasteiger partial charge in [-0.15, -0.1) is 0 Å². The predicted octanol–water partition coefficient (Wildman–Crippen LogP) is 2.27. The fourth-order valence-electron chi connectivity index (χ4n) is 2.85. The van der Waals surface area contributed by atoms with Gasteiger partial charge in [-0.25, -0.2) is 4.68 Å². The van der Waals surface area contributed by atoms with Gasteiger partial charge in [-0.1, -0.05) is 24.3 Å². The quantitative estimate of drug-likeness (QED) is 0.740. The van der Waals surface area contributed by atoms with Crippen LogP contribution in [0.5, 0.6) is 0 Å². The normalized spacial score (nSPS) is 11.0. The predicted molar refractivity (Wildman–Crippen MR) is 101 cm³/mol. The van der Waals surface area contributed by atoms with Gasteiger partial charge in [0.05, 0.1) is 23.5 Å². The number of carbonyl (C=O) groups is 1. The molecule has 0 saturated carbocycles. The summed E-state index contributed by atoms with van der Waals surface area (Å²) in [6, 6.07) is 12.9. The molecule has 1 N–H and O–H groups in total. The van der Waals surface area contributed by atoms with Crippen LogP contribution >= 0.6 is 0 Å². The van der Waals surface area contributed by atoms with Crippen molar-refractivity contribution in [3.63, 3.8) is 0 Å². The minimum atomic E-state index is -0.130. The highest BCUT2D eigenvalue weighted by molar-refractivity contribution is 5.88. The van der Waals surface area contributed by atoms with Crippen molar-refractivity contribution in [2.24, 2.45) is 0 Å². The van der Waals surface area contributed by atoms with E-state index in [1.54, 1.807) is 12.3 Å². The standard InChI is InChI=1S/C20H22N4O2/c1-14(2)24-20(26)17-9-4-3-8-16(17)18(23-24)13-19(25)22-12-10-15-7-5-6-11-21-15/h3-9,11,14H,10,12-13H2,1-2H3,(H,22,25). The van der Waals surface area contributed by atoms with Crippen LogP contribution in [0.25, 0.3) is 10.8 Å². The number of amides is 1. The first-order valence-corrected chi connectivity index (χ1v) is 8.73. The number of aromatic nitrogens is 3. The monoisotopic (exact) mass is 350 g/mol. The van der Waals surface area contributed by atoms with Gasteiger partial charge in [-0.05, 0) is 32.0 Å². The lowest BCUT2D eigenvalue weighted by atomic mass is 10.1. The smallest absolute Gasteiger partial charge is 0.274 e. The molecule has 0 bridgehead atoms. The van der Waals surface area contributed by atoms with Crippen molar-refractivity contribution >= 4 is 16.7 Å². The molecule has 1 amide bonds. The van der Waals surface area contributed by atoms with Crippen LogP contribution in [-0.4, -0.2) is 27.2 Å². The Balaban J connectivity index is 1.76. The molecule has 6 heteroatoms. The third kappa shape index (κ3) is 3.96. The minimum absolute atomic E-state index is 0.0712. The Bertz CT molecular complexity index is 964. The molecule has 1 aromatic carbocycles. The van der Waals surface area contributed by atoms with Gasteiger partial charge >= 0.3 is 0 Å². The molecule has 2 heterocycles. The molecule has 6 nitrogen and oxygen atoms in total. The van der Waals surface area contributed by atoms with Crippen LogP contribution in [0.2, 0.25) is 0 Å². The Hall–Kier alpha value is -3.02. The van der Waals surface area contributed by atoms with Gasteiger partial charge in [0.2, 0.25) is 5.91 Å². The summed E-state index contributed by atoms with van der Waals surface area (Å²) in [6.07, 6.45) is 2.55. The summed E-state index contributed by atoms with van der Waals surface area (Å²) in [6.45, 7) is 4.32. The molecule has 0 saturated heterocycles. The van der Waals surface area contributed by atoms with Crippen LogP contribution < -0.4 is 10.9 Å². The SMILES string of the molecule is CC(C)n1nc(CC(=O)NCCc2ccccn2)c2ccccc2c1=O. The van der Waals surface area contributed by atoms with Crippen LogP contribution in [0.15, 0.2) is 53.5 Å². The first-order valence-electron chi connectivity index (χ1n) is 8.73. The molecule has 26 heavy (non-hydrogen) atoms. The molecule has 3 rings (SSSR count).